The standard InChI is InChI=1S/C5H7OS2/c1-4-5(2-6-1)8-3-7-4/h3-5H,1-2H2. The van der Waals surface area contributed by atoms with Gasteiger partial charge in [-0.1, -0.05) is 0 Å². The van der Waals surface area contributed by atoms with Crippen molar-refractivity contribution in [2.45, 2.75) is 10.5 Å². The summed E-state index contributed by atoms with van der Waals surface area (Å²) in [4.78, 5) is 0. The Balaban J connectivity index is 2.04. The molecule has 2 fully saturated rings. The lowest BCUT2D eigenvalue weighted by Crippen LogP contribution is -2.10. The summed E-state index contributed by atoms with van der Waals surface area (Å²) in [5.74, 6) is 0. The van der Waals surface area contributed by atoms with Gasteiger partial charge in [0.1, 0.15) is 0 Å². The van der Waals surface area contributed by atoms with Gasteiger partial charge in [-0.15, -0.1) is 23.5 Å². The molecule has 2 atom stereocenters. The van der Waals surface area contributed by atoms with Gasteiger partial charge in [-0.2, -0.15) is 0 Å². The number of hydrogen-bond acceptors (Lipinski definition) is 3. The third-order valence-electron chi connectivity index (χ3n) is 1.44. The van der Waals surface area contributed by atoms with E-state index in [0.29, 0.717) is 0 Å². The van der Waals surface area contributed by atoms with Crippen molar-refractivity contribution >= 4 is 23.5 Å². The highest BCUT2D eigenvalue weighted by Crippen LogP contribution is 2.43. The quantitative estimate of drug-likeness (QED) is 0.512. The Labute approximate surface area is 57.5 Å². The van der Waals surface area contributed by atoms with E-state index in [4.69, 9.17) is 4.74 Å². The van der Waals surface area contributed by atoms with Crippen LogP contribution in [0.15, 0.2) is 0 Å². The van der Waals surface area contributed by atoms with Crippen LogP contribution in [-0.4, -0.2) is 23.7 Å². The van der Waals surface area contributed by atoms with Crippen LogP contribution in [0.25, 0.3) is 0 Å². The number of rotatable bonds is 0. The molecule has 0 bridgehead atoms. The molecule has 2 unspecified atom stereocenters. The molecular weight excluding hydrogens is 140 g/mol. The average Bonchev–Trinajstić information content (AvgIpc) is 2.15. The molecule has 0 saturated carbocycles. The van der Waals surface area contributed by atoms with E-state index in [2.05, 4.69) is 5.08 Å². The fourth-order valence-electron chi connectivity index (χ4n) is 0.944. The summed E-state index contributed by atoms with van der Waals surface area (Å²) >= 11 is 3.85. The second kappa shape index (κ2) is 2.12. The van der Waals surface area contributed by atoms with E-state index >= 15 is 0 Å². The summed E-state index contributed by atoms with van der Waals surface area (Å²) in [6.45, 7) is 1.94. The first-order valence-corrected chi connectivity index (χ1v) is 4.56. The van der Waals surface area contributed by atoms with Gasteiger partial charge in [0.15, 0.2) is 0 Å². The molecule has 45 valence electrons. The zero-order valence-corrected chi connectivity index (χ0v) is 6.00. The van der Waals surface area contributed by atoms with Gasteiger partial charge in [0.05, 0.1) is 18.3 Å². The molecule has 2 aliphatic rings. The Bertz CT molecular complexity index is 76.4. The van der Waals surface area contributed by atoms with Crippen molar-refractivity contribution < 1.29 is 4.74 Å². The maximum atomic E-state index is 5.25. The van der Waals surface area contributed by atoms with Gasteiger partial charge in [-0.25, -0.2) is 0 Å². The summed E-state index contributed by atoms with van der Waals surface area (Å²) in [6.07, 6.45) is 0. The molecule has 0 aromatic carbocycles. The van der Waals surface area contributed by atoms with Crippen molar-refractivity contribution in [1.82, 2.24) is 0 Å². The summed E-state index contributed by atoms with van der Waals surface area (Å²) in [6, 6.07) is 0. The van der Waals surface area contributed by atoms with Crippen LogP contribution in [0.1, 0.15) is 0 Å². The van der Waals surface area contributed by atoms with Crippen molar-refractivity contribution in [1.29, 1.82) is 0 Å². The SMILES string of the molecule is [CH]1SC2COCC2S1. The average molecular weight is 147 g/mol. The molecular formula is C5H7OS2. The lowest BCUT2D eigenvalue weighted by molar-refractivity contribution is 0.200. The normalized spacial score (nSPS) is 45.0. The number of hydrogen-bond donors (Lipinski definition) is 0. The molecule has 2 heterocycles. The first-order valence-electron chi connectivity index (χ1n) is 2.67. The van der Waals surface area contributed by atoms with Crippen LogP contribution in [-0.2, 0) is 4.74 Å². The summed E-state index contributed by atoms with van der Waals surface area (Å²) in [5.41, 5.74) is 0. The first-order chi connectivity index (χ1) is 3.97. The minimum absolute atomic E-state index is 0.778. The molecule has 0 spiro atoms. The smallest absolute Gasteiger partial charge is 0.0720 e. The highest BCUT2D eigenvalue weighted by Gasteiger charge is 2.33. The van der Waals surface area contributed by atoms with E-state index in [9.17, 15) is 0 Å². The van der Waals surface area contributed by atoms with Crippen molar-refractivity contribution in [3.63, 3.8) is 0 Å². The number of fused-ring (bicyclic) bond motifs is 1. The van der Waals surface area contributed by atoms with E-state index in [1.165, 1.54) is 0 Å². The van der Waals surface area contributed by atoms with Crippen LogP contribution in [0.5, 0.6) is 0 Å². The van der Waals surface area contributed by atoms with Gasteiger partial charge < -0.3 is 4.74 Å². The van der Waals surface area contributed by atoms with Crippen LogP contribution in [0.3, 0.4) is 0 Å². The summed E-state index contributed by atoms with van der Waals surface area (Å²) < 4.78 is 5.25. The van der Waals surface area contributed by atoms with E-state index in [1.54, 1.807) is 0 Å². The topological polar surface area (TPSA) is 9.23 Å². The Kier molecular flexibility index (Phi) is 1.44. The monoisotopic (exact) mass is 147 g/mol. The van der Waals surface area contributed by atoms with Gasteiger partial charge in [0.25, 0.3) is 0 Å². The Morgan fingerprint density at radius 3 is 2.50 bits per heavy atom. The molecule has 0 aliphatic carbocycles. The van der Waals surface area contributed by atoms with Crippen LogP contribution < -0.4 is 0 Å². The van der Waals surface area contributed by atoms with Crippen LogP contribution >= 0.6 is 23.5 Å². The molecule has 2 aliphatic heterocycles. The van der Waals surface area contributed by atoms with E-state index in [1.807, 2.05) is 23.5 Å². The van der Waals surface area contributed by atoms with Crippen molar-refractivity contribution in [3.05, 3.63) is 5.08 Å². The second-order valence-corrected chi connectivity index (χ2v) is 4.51. The van der Waals surface area contributed by atoms with Crippen molar-refractivity contribution in [2.24, 2.45) is 0 Å². The predicted octanol–water partition coefficient (Wildman–Crippen LogP) is 1.35. The maximum Gasteiger partial charge on any atom is 0.0720 e. The minimum atomic E-state index is 0.778. The third kappa shape index (κ3) is 0.769. The second-order valence-electron chi connectivity index (χ2n) is 1.98. The highest BCUT2D eigenvalue weighted by atomic mass is 32.2. The predicted molar refractivity (Wildman–Crippen MR) is 37.9 cm³/mol. The van der Waals surface area contributed by atoms with Gasteiger partial charge in [0.2, 0.25) is 0 Å². The zero-order valence-electron chi connectivity index (χ0n) is 4.37. The number of ether oxygens (including phenoxy) is 1. The van der Waals surface area contributed by atoms with E-state index in [0.717, 1.165) is 23.7 Å². The largest absolute Gasteiger partial charge is 0.379 e. The number of thioether (sulfide) groups is 2. The van der Waals surface area contributed by atoms with Gasteiger partial charge in [0, 0.05) is 10.5 Å². The zero-order chi connectivity index (χ0) is 5.40. The highest BCUT2D eigenvalue weighted by molar-refractivity contribution is 8.23. The third-order valence-corrected chi connectivity index (χ3v) is 4.13. The summed E-state index contributed by atoms with van der Waals surface area (Å²) in [7, 11) is 0. The first kappa shape index (κ1) is 5.45. The molecule has 0 aromatic heterocycles. The van der Waals surface area contributed by atoms with Crippen LogP contribution in [0, 0.1) is 5.08 Å². The maximum absolute atomic E-state index is 5.25. The molecule has 0 aromatic rings. The molecule has 1 nitrogen and oxygen atoms in total. The van der Waals surface area contributed by atoms with E-state index in [-0.39, 0.29) is 0 Å². The molecule has 2 saturated heterocycles. The summed E-state index contributed by atoms with van der Waals surface area (Å²) in [5, 5.41) is 3.79. The van der Waals surface area contributed by atoms with Gasteiger partial charge >= 0.3 is 0 Å². The van der Waals surface area contributed by atoms with Gasteiger partial charge in [-0.3, -0.25) is 0 Å². The minimum Gasteiger partial charge on any atom is -0.379 e. The molecule has 8 heavy (non-hydrogen) atoms. The Hall–Kier alpha value is 0.660. The van der Waals surface area contributed by atoms with Gasteiger partial charge in [-0.05, 0) is 0 Å². The molecule has 0 N–H and O–H groups in total. The fraction of sp³-hybridized carbons (Fsp3) is 0.800. The Morgan fingerprint density at radius 2 is 1.88 bits per heavy atom. The molecule has 2 rings (SSSR count). The van der Waals surface area contributed by atoms with Crippen LogP contribution in [0.4, 0.5) is 0 Å². The fourth-order valence-corrected chi connectivity index (χ4v) is 3.58. The van der Waals surface area contributed by atoms with Crippen LogP contribution in [0.2, 0.25) is 0 Å². The lowest BCUT2D eigenvalue weighted by atomic mass is 10.4. The molecule has 1 radical (unpaired) electrons. The molecule has 3 heteroatoms. The lowest BCUT2D eigenvalue weighted by Gasteiger charge is -1.99. The van der Waals surface area contributed by atoms with Crippen molar-refractivity contribution in [3.8, 4) is 0 Å². The molecule has 0 amide bonds. The van der Waals surface area contributed by atoms with E-state index < -0.39 is 0 Å². The van der Waals surface area contributed by atoms with Crippen molar-refractivity contribution in [2.75, 3.05) is 13.2 Å². The Morgan fingerprint density at radius 1 is 1.25 bits per heavy atom.